The molecule has 1 heterocycles. The first-order valence-electron chi connectivity index (χ1n) is 6.00. The summed E-state index contributed by atoms with van der Waals surface area (Å²) in [4.78, 5) is 0. The zero-order valence-electron chi connectivity index (χ0n) is 10.9. The summed E-state index contributed by atoms with van der Waals surface area (Å²) < 4.78 is 12.0. The molecule has 1 aliphatic carbocycles. The van der Waals surface area contributed by atoms with Crippen molar-refractivity contribution in [2.24, 2.45) is 11.3 Å². The van der Waals surface area contributed by atoms with Crippen LogP contribution in [0.15, 0.2) is 0 Å². The van der Waals surface area contributed by atoms with E-state index in [2.05, 4.69) is 41.5 Å². The Morgan fingerprint density at radius 2 is 1.40 bits per heavy atom. The van der Waals surface area contributed by atoms with Gasteiger partial charge >= 0.3 is 7.12 Å². The number of hydrogen-bond acceptors (Lipinski definition) is 2. The second kappa shape index (κ2) is 3.01. The van der Waals surface area contributed by atoms with Gasteiger partial charge in [-0.1, -0.05) is 13.8 Å². The second-order valence-electron chi connectivity index (χ2n) is 6.81. The Labute approximate surface area is 93.9 Å². The molecule has 1 unspecified atom stereocenters. The van der Waals surface area contributed by atoms with Crippen LogP contribution >= 0.6 is 0 Å². The highest BCUT2D eigenvalue weighted by Gasteiger charge is 2.55. The molecule has 2 rings (SSSR count). The van der Waals surface area contributed by atoms with Crippen LogP contribution in [0.5, 0.6) is 0 Å². The fraction of sp³-hybridized carbons (Fsp3) is 1.00. The van der Waals surface area contributed by atoms with Crippen molar-refractivity contribution in [3.63, 3.8) is 0 Å². The van der Waals surface area contributed by atoms with Gasteiger partial charge in [-0.2, -0.15) is 0 Å². The van der Waals surface area contributed by atoms with Crippen molar-refractivity contribution in [3.8, 4) is 0 Å². The molecule has 0 amide bonds. The fourth-order valence-corrected chi connectivity index (χ4v) is 2.27. The van der Waals surface area contributed by atoms with Gasteiger partial charge in [0.05, 0.1) is 11.2 Å². The van der Waals surface area contributed by atoms with Crippen LogP contribution in [0.4, 0.5) is 0 Å². The molecule has 0 aromatic rings. The van der Waals surface area contributed by atoms with Crippen LogP contribution in [-0.4, -0.2) is 18.3 Å². The van der Waals surface area contributed by atoms with Crippen LogP contribution in [-0.2, 0) is 9.31 Å². The van der Waals surface area contributed by atoms with Crippen LogP contribution in [0.2, 0.25) is 6.32 Å². The summed E-state index contributed by atoms with van der Waals surface area (Å²) in [6.45, 7) is 13.1. The van der Waals surface area contributed by atoms with Gasteiger partial charge in [-0.15, -0.1) is 0 Å². The number of rotatable bonds is 2. The zero-order valence-corrected chi connectivity index (χ0v) is 10.9. The van der Waals surface area contributed by atoms with Gasteiger partial charge in [0.1, 0.15) is 0 Å². The Balaban J connectivity index is 1.93. The minimum Gasteiger partial charge on any atom is -0.403 e. The zero-order chi connectivity index (χ0) is 11.5. The lowest BCUT2D eigenvalue weighted by Gasteiger charge is -2.32. The minimum absolute atomic E-state index is 0.00164. The lowest BCUT2D eigenvalue weighted by Crippen LogP contribution is -2.41. The molecule has 0 aromatic heterocycles. The van der Waals surface area contributed by atoms with Gasteiger partial charge in [-0.25, -0.2) is 0 Å². The Hall–Kier alpha value is -0.0151. The Morgan fingerprint density at radius 3 is 1.73 bits per heavy atom. The van der Waals surface area contributed by atoms with Crippen molar-refractivity contribution >= 4 is 7.12 Å². The maximum atomic E-state index is 5.99. The van der Waals surface area contributed by atoms with Crippen molar-refractivity contribution in [1.29, 1.82) is 0 Å². The van der Waals surface area contributed by atoms with Crippen LogP contribution in [0.25, 0.3) is 0 Å². The van der Waals surface area contributed by atoms with E-state index in [0.717, 1.165) is 12.2 Å². The first-order chi connectivity index (χ1) is 6.64. The molecule has 0 aromatic carbocycles. The molecule has 0 N–H and O–H groups in total. The van der Waals surface area contributed by atoms with E-state index in [-0.39, 0.29) is 18.3 Å². The molecule has 3 heteroatoms. The van der Waals surface area contributed by atoms with E-state index in [0.29, 0.717) is 5.41 Å². The number of hydrogen-bond donors (Lipinski definition) is 0. The summed E-state index contributed by atoms with van der Waals surface area (Å²) >= 11 is 0. The Bertz CT molecular complexity index is 255. The fourth-order valence-electron chi connectivity index (χ4n) is 2.27. The van der Waals surface area contributed by atoms with Crippen molar-refractivity contribution < 1.29 is 9.31 Å². The highest BCUT2D eigenvalue weighted by molar-refractivity contribution is 6.45. The van der Waals surface area contributed by atoms with E-state index < -0.39 is 0 Å². The Kier molecular flexibility index (Phi) is 2.30. The molecule has 0 bridgehead atoms. The van der Waals surface area contributed by atoms with Crippen LogP contribution in [0.1, 0.15) is 48.0 Å². The van der Waals surface area contributed by atoms with Gasteiger partial charge in [0.15, 0.2) is 0 Å². The van der Waals surface area contributed by atoms with Gasteiger partial charge in [0.25, 0.3) is 0 Å². The highest BCUT2D eigenvalue weighted by atomic mass is 16.7. The summed E-state index contributed by atoms with van der Waals surface area (Å²) in [5.41, 5.74) is 0.178. The third kappa shape index (κ3) is 1.96. The molecule has 1 aliphatic heterocycles. The van der Waals surface area contributed by atoms with Crippen LogP contribution in [0, 0.1) is 11.3 Å². The van der Waals surface area contributed by atoms with Gasteiger partial charge in [-0.05, 0) is 51.8 Å². The third-order valence-electron chi connectivity index (χ3n) is 4.50. The largest absolute Gasteiger partial charge is 0.458 e. The molecule has 1 atom stereocenters. The lowest BCUT2D eigenvalue weighted by molar-refractivity contribution is 0.00578. The highest BCUT2D eigenvalue weighted by Crippen LogP contribution is 2.55. The first-order valence-corrected chi connectivity index (χ1v) is 6.00. The monoisotopic (exact) mass is 210 g/mol. The second-order valence-corrected chi connectivity index (χ2v) is 6.81. The van der Waals surface area contributed by atoms with Crippen molar-refractivity contribution in [3.05, 3.63) is 0 Å². The summed E-state index contributed by atoms with van der Waals surface area (Å²) in [5, 5.41) is 0. The lowest BCUT2D eigenvalue weighted by atomic mass is 9.80. The smallest absolute Gasteiger partial charge is 0.403 e. The summed E-state index contributed by atoms with van der Waals surface area (Å²) in [6, 6.07) is 0. The normalized spacial score (nSPS) is 35.6. The van der Waals surface area contributed by atoms with Gasteiger partial charge in [0, 0.05) is 0 Å². The molecule has 86 valence electrons. The van der Waals surface area contributed by atoms with Crippen LogP contribution in [0.3, 0.4) is 0 Å². The van der Waals surface area contributed by atoms with E-state index in [1.807, 2.05) is 0 Å². The topological polar surface area (TPSA) is 18.5 Å². The standard InChI is InChI=1S/C12H23BO2/c1-10(2)7-9(10)8-13-14-11(3,4)12(5,6)15-13/h9H,7-8H2,1-6H3. The quantitative estimate of drug-likeness (QED) is 0.652. The first kappa shape index (κ1) is 11.5. The van der Waals surface area contributed by atoms with Gasteiger partial charge < -0.3 is 9.31 Å². The molecule has 0 radical (unpaired) electrons. The average molecular weight is 210 g/mol. The molecule has 0 spiro atoms. The predicted octanol–water partition coefficient (Wildman–Crippen LogP) is 3.12. The van der Waals surface area contributed by atoms with Crippen molar-refractivity contribution in [1.82, 2.24) is 0 Å². The molecule has 15 heavy (non-hydrogen) atoms. The molecule has 1 saturated carbocycles. The van der Waals surface area contributed by atoms with E-state index in [1.165, 1.54) is 6.42 Å². The average Bonchev–Trinajstić information content (AvgIpc) is 2.47. The molecule has 2 nitrogen and oxygen atoms in total. The van der Waals surface area contributed by atoms with Crippen molar-refractivity contribution in [2.75, 3.05) is 0 Å². The minimum atomic E-state index is -0.170. The molecular formula is C12H23BO2. The molecule has 2 aliphatic rings. The third-order valence-corrected chi connectivity index (χ3v) is 4.50. The van der Waals surface area contributed by atoms with E-state index in [9.17, 15) is 0 Å². The molecular weight excluding hydrogens is 187 g/mol. The maximum absolute atomic E-state index is 5.99. The summed E-state index contributed by atoms with van der Waals surface area (Å²) in [7, 11) is 0.00164. The van der Waals surface area contributed by atoms with Gasteiger partial charge in [-0.3, -0.25) is 0 Å². The van der Waals surface area contributed by atoms with Crippen LogP contribution < -0.4 is 0 Å². The van der Waals surface area contributed by atoms with E-state index in [4.69, 9.17) is 9.31 Å². The van der Waals surface area contributed by atoms with Gasteiger partial charge in [0.2, 0.25) is 0 Å². The van der Waals surface area contributed by atoms with E-state index in [1.54, 1.807) is 0 Å². The molecule has 2 fully saturated rings. The summed E-state index contributed by atoms with van der Waals surface area (Å²) in [6.07, 6.45) is 2.37. The SMILES string of the molecule is CC1(C)CC1CB1OC(C)(C)C(C)(C)O1. The Morgan fingerprint density at radius 1 is 1.00 bits per heavy atom. The maximum Gasteiger partial charge on any atom is 0.458 e. The summed E-state index contributed by atoms with van der Waals surface area (Å²) in [5.74, 6) is 0.784. The molecule has 1 saturated heterocycles. The predicted molar refractivity (Wildman–Crippen MR) is 62.8 cm³/mol. The van der Waals surface area contributed by atoms with E-state index >= 15 is 0 Å². The van der Waals surface area contributed by atoms with Crippen molar-refractivity contribution in [2.45, 2.75) is 65.5 Å².